The van der Waals surface area contributed by atoms with E-state index in [1.807, 2.05) is 42.5 Å². The molecule has 0 fully saturated rings. The third-order valence-electron chi connectivity index (χ3n) is 3.88. The third-order valence-corrected chi connectivity index (χ3v) is 4.13. The summed E-state index contributed by atoms with van der Waals surface area (Å²) in [5.41, 5.74) is 3.21. The van der Waals surface area contributed by atoms with E-state index in [0.717, 1.165) is 17.5 Å². The molecule has 6 heteroatoms. The van der Waals surface area contributed by atoms with Gasteiger partial charge in [-0.1, -0.05) is 35.9 Å². The molecule has 0 saturated carbocycles. The topological polar surface area (TPSA) is 64.1 Å². The van der Waals surface area contributed by atoms with E-state index in [2.05, 4.69) is 15.5 Å². The van der Waals surface area contributed by atoms with Gasteiger partial charge in [-0.15, -0.1) is 10.2 Å². The van der Waals surface area contributed by atoms with Crippen LogP contribution >= 0.6 is 11.6 Å². The lowest BCUT2D eigenvalue weighted by Gasteiger charge is -2.07. The number of methoxy groups -OCH3 is 1. The molecule has 1 aromatic heterocycles. The van der Waals surface area contributed by atoms with Gasteiger partial charge in [0.05, 0.1) is 12.8 Å². The minimum atomic E-state index is -0.123. The number of hydrogen-bond donors (Lipinski definition) is 1. The van der Waals surface area contributed by atoms with Gasteiger partial charge < -0.3 is 10.1 Å². The molecule has 0 radical (unpaired) electrons. The summed E-state index contributed by atoms with van der Waals surface area (Å²) < 4.78 is 5.01. The zero-order chi connectivity index (χ0) is 18.4. The van der Waals surface area contributed by atoms with E-state index in [1.54, 1.807) is 25.3 Å². The van der Waals surface area contributed by atoms with E-state index >= 15 is 0 Å². The number of benzene rings is 2. The van der Waals surface area contributed by atoms with E-state index in [0.29, 0.717) is 28.7 Å². The van der Waals surface area contributed by atoms with Crippen molar-refractivity contribution in [3.8, 4) is 17.1 Å². The highest BCUT2D eigenvalue weighted by Gasteiger charge is 2.08. The predicted octanol–water partition coefficient (Wildman–Crippen LogP) is 3.78. The normalized spacial score (nSPS) is 10.4. The van der Waals surface area contributed by atoms with Gasteiger partial charge in [-0.3, -0.25) is 4.79 Å². The number of ether oxygens (including phenoxy) is 1. The van der Waals surface area contributed by atoms with Crippen molar-refractivity contribution in [1.29, 1.82) is 0 Å². The summed E-state index contributed by atoms with van der Waals surface area (Å²) in [6.45, 7) is 0.549. The zero-order valence-corrected chi connectivity index (χ0v) is 15.0. The van der Waals surface area contributed by atoms with Crippen molar-refractivity contribution in [2.24, 2.45) is 0 Å². The fourth-order valence-corrected chi connectivity index (χ4v) is 2.60. The molecule has 1 heterocycles. The molecule has 26 heavy (non-hydrogen) atoms. The molecule has 3 aromatic rings. The largest absolute Gasteiger partial charge is 0.480 e. The predicted molar refractivity (Wildman–Crippen MR) is 102 cm³/mol. The van der Waals surface area contributed by atoms with Crippen LogP contribution in [0.15, 0.2) is 60.7 Å². The van der Waals surface area contributed by atoms with Crippen molar-refractivity contribution in [2.45, 2.75) is 6.42 Å². The third kappa shape index (κ3) is 4.58. The molecule has 0 unspecified atom stereocenters. The van der Waals surface area contributed by atoms with Gasteiger partial charge in [-0.25, -0.2) is 0 Å². The summed E-state index contributed by atoms with van der Waals surface area (Å²) in [4.78, 5) is 12.4. The molecular formula is C20H18ClN3O2. The fourth-order valence-electron chi connectivity index (χ4n) is 2.48. The van der Waals surface area contributed by atoms with Crippen molar-refractivity contribution < 1.29 is 9.53 Å². The number of carbonyl (C=O) groups is 1. The summed E-state index contributed by atoms with van der Waals surface area (Å²) in [5, 5.41) is 11.7. The first-order chi connectivity index (χ1) is 12.7. The Hall–Kier alpha value is -2.92. The van der Waals surface area contributed by atoms with E-state index < -0.39 is 0 Å². The zero-order valence-electron chi connectivity index (χ0n) is 14.3. The first-order valence-electron chi connectivity index (χ1n) is 8.16. The Balaban J connectivity index is 1.63. The van der Waals surface area contributed by atoms with Gasteiger partial charge in [0, 0.05) is 28.8 Å². The van der Waals surface area contributed by atoms with Crippen LogP contribution in [0.3, 0.4) is 0 Å². The molecule has 1 amide bonds. The smallest absolute Gasteiger partial charge is 0.251 e. The molecule has 0 aliphatic carbocycles. The van der Waals surface area contributed by atoms with Crippen LogP contribution in [0.1, 0.15) is 15.9 Å². The van der Waals surface area contributed by atoms with Crippen LogP contribution in [0.4, 0.5) is 0 Å². The molecule has 0 saturated heterocycles. The van der Waals surface area contributed by atoms with Crippen LogP contribution in [0.25, 0.3) is 11.3 Å². The number of halogens is 1. The van der Waals surface area contributed by atoms with Gasteiger partial charge in [-0.05, 0) is 42.3 Å². The summed E-state index contributed by atoms with van der Waals surface area (Å²) in [6.07, 6.45) is 0.743. The molecule has 1 N–H and O–H groups in total. The molecule has 0 aliphatic rings. The summed E-state index contributed by atoms with van der Waals surface area (Å²) in [7, 11) is 1.54. The summed E-state index contributed by atoms with van der Waals surface area (Å²) in [6, 6.07) is 18.4. The van der Waals surface area contributed by atoms with Gasteiger partial charge in [0.15, 0.2) is 0 Å². The number of aromatic nitrogens is 2. The highest BCUT2D eigenvalue weighted by atomic mass is 35.5. The maximum Gasteiger partial charge on any atom is 0.251 e. The quantitative estimate of drug-likeness (QED) is 0.720. The van der Waals surface area contributed by atoms with Gasteiger partial charge >= 0.3 is 0 Å². The Morgan fingerprint density at radius 3 is 2.58 bits per heavy atom. The minimum Gasteiger partial charge on any atom is -0.480 e. The number of rotatable bonds is 6. The van der Waals surface area contributed by atoms with Gasteiger partial charge in [-0.2, -0.15) is 0 Å². The van der Waals surface area contributed by atoms with Crippen LogP contribution in [0, 0.1) is 0 Å². The van der Waals surface area contributed by atoms with Crippen LogP contribution in [-0.2, 0) is 6.42 Å². The average molecular weight is 368 g/mol. The van der Waals surface area contributed by atoms with E-state index in [9.17, 15) is 4.79 Å². The van der Waals surface area contributed by atoms with Gasteiger partial charge in [0.2, 0.25) is 5.88 Å². The van der Waals surface area contributed by atoms with Crippen LogP contribution in [0.2, 0.25) is 5.02 Å². The Morgan fingerprint density at radius 1 is 1.08 bits per heavy atom. The molecule has 0 spiro atoms. The lowest BCUT2D eigenvalue weighted by molar-refractivity contribution is 0.0954. The maximum atomic E-state index is 12.4. The molecule has 2 aromatic carbocycles. The number of carbonyl (C=O) groups excluding carboxylic acids is 1. The standard InChI is InChI=1S/C20H18ClN3O2/c1-26-19-10-9-18(23-24-19)15-3-2-4-16(13-15)20(25)22-12-11-14-5-7-17(21)8-6-14/h2-10,13H,11-12H2,1H3,(H,22,25). The highest BCUT2D eigenvalue weighted by molar-refractivity contribution is 6.30. The Bertz CT molecular complexity index is 880. The Kier molecular flexibility index (Phi) is 5.81. The first-order valence-corrected chi connectivity index (χ1v) is 8.54. The SMILES string of the molecule is COc1ccc(-c2cccc(C(=O)NCCc3ccc(Cl)cc3)c2)nn1. The lowest BCUT2D eigenvalue weighted by atomic mass is 10.1. The van der Waals surface area contributed by atoms with Crippen LogP contribution in [0.5, 0.6) is 5.88 Å². The Labute approximate surface area is 157 Å². The average Bonchev–Trinajstić information content (AvgIpc) is 2.69. The first kappa shape index (κ1) is 17.9. The van der Waals surface area contributed by atoms with Crippen molar-refractivity contribution in [2.75, 3.05) is 13.7 Å². The second-order valence-electron chi connectivity index (χ2n) is 5.67. The molecule has 5 nitrogen and oxygen atoms in total. The van der Waals surface area contributed by atoms with Gasteiger partial charge in [0.25, 0.3) is 5.91 Å². The van der Waals surface area contributed by atoms with E-state index in [-0.39, 0.29) is 5.91 Å². The van der Waals surface area contributed by atoms with Crippen LogP contribution < -0.4 is 10.1 Å². The van der Waals surface area contributed by atoms with Crippen molar-refractivity contribution >= 4 is 17.5 Å². The molecule has 0 aliphatic heterocycles. The van der Waals surface area contributed by atoms with E-state index in [4.69, 9.17) is 16.3 Å². The second-order valence-corrected chi connectivity index (χ2v) is 6.11. The molecule has 0 atom stereocenters. The molecule has 3 rings (SSSR count). The van der Waals surface area contributed by atoms with Crippen molar-refractivity contribution in [3.63, 3.8) is 0 Å². The highest BCUT2D eigenvalue weighted by Crippen LogP contribution is 2.19. The summed E-state index contributed by atoms with van der Waals surface area (Å²) >= 11 is 5.87. The monoisotopic (exact) mass is 367 g/mol. The number of hydrogen-bond acceptors (Lipinski definition) is 4. The van der Waals surface area contributed by atoms with Gasteiger partial charge in [0.1, 0.15) is 0 Å². The number of nitrogens with one attached hydrogen (secondary N) is 1. The van der Waals surface area contributed by atoms with Crippen molar-refractivity contribution in [1.82, 2.24) is 15.5 Å². The number of nitrogens with zero attached hydrogens (tertiary/aromatic N) is 2. The van der Waals surface area contributed by atoms with Crippen molar-refractivity contribution in [3.05, 3.63) is 76.8 Å². The Morgan fingerprint density at radius 2 is 1.88 bits per heavy atom. The summed E-state index contributed by atoms with van der Waals surface area (Å²) in [5.74, 6) is 0.326. The fraction of sp³-hybridized carbons (Fsp3) is 0.150. The molecular weight excluding hydrogens is 350 g/mol. The molecule has 0 bridgehead atoms. The van der Waals surface area contributed by atoms with Crippen LogP contribution in [-0.4, -0.2) is 29.8 Å². The number of amides is 1. The minimum absolute atomic E-state index is 0.123. The second kappa shape index (κ2) is 8.45. The lowest BCUT2D eigenvalue weighted by Crippen LogP contribution is -2.25. The maximum absolute atomic E-state index is 12.4. The van der Waals surface area contributed by atoms with E-state index in [1.165, 1.54) is 0 Å². The molecule has 132 valence electrons.